The van der Waals surface area contributed by atoms with Crippen LogP contribution in [0, 0.1) is 0 Å². The summed E-state index contributed by atoms with van der Waals surface area (Å²) in [7, 11) is 0. The van der Waals surface area contributed by atoms with E-state index in [-0.39, 0.29) is 12.7 Å². The molecule has 2 heterocycles. The van der Waals surface area contributed by atoms with Gasteiger partial charge in [-0.3, -0.25) is 14.5 Å². The molecule has 8 nitrogen and oxygen atoms in total. The monoisotopic (exact) mass is 437 g/mol. The molecule has 1 saturated heterocycles. The number of benzene rings is 2. The van der Waals surface area contributed by atoms with Gasteiger partial charge >= 0.3 is 0 Å². The maximum absolute atomic E-state index is 12.8. The van der Waals surface area contributed by atoms with Crippen LogP contribution in [0.15, 0.2) is 54.6 Å². The number of fused-ring (bicyclic) bond motifs is 1. The van der Waals surface area contributed by atoms with Gasteiger partial charge in [0.05, 0.1) is 6.61 Å². The van der Waals surface area contributed by atoms with Crippen LogP contribution < -0.4 is 14.8 Å². The molecule has 0 aromatic heterocycles. The zero-order chi connectivity index (χ0) is 22.3. The number of hydrogen-bond donors (Lipinski definition) is 2. The Kier molecular flexibility index (Phi) is 7.03. The Hall–Kier alpha value is -3.36. The lowest BCUT2D eigenvalue weighted by molar-refractivity contribution is -0.138. The molecule has 2 amide bonds. The zero-order valence-corrected chi connectivity index (χ0v) is 17.8. The second-order valence-electron chi connectivity index (χ2n) is 7.78. The summed E-state index contributed by atoms with van der Waals surface area (Å²) in [6.45, 7) is 3.06. The van der Waals surface area contributed by atoms with Gasteiger partial charge in [-0.15, -0.1) is 0 Å². The number of carbonyl (C=O) groups excluding carboxylic acids is 2. The molecule has 2 aliphatic heterocycles. The molecule has 168 valence electrons. The molecule has 2 aliphatic rings. The third-order valence-corrected chi connectivity index (χ3v) is 5.55. The van der Waals surface area contributed by atoms with E-state index in [1.165, 1.54) is 6.08 Å². The van der Waals surface area contributed by atoms with Crippen molar-refractivity contribution in [1.82, 2.24) is 15.1 Å². The van der Waals surface area contributed by atoms with Crippen molar-refractivity contribution in [3.8, 4) is 11.5 Å². The van der Waals surface area contributed by atoms with Crippen molar-refractivity contribution in [1.29, 1.82) is 0 Å². The summed E-state index contributed by atoms with van der Waals surface area (Å²) in [5.74, 6) is 0.846. The minimum absolute atomic E-state index is 0.254. The second-order valence-corrected chi connectivity index (χ2v) is 7.78. The van der Waals surface area contributed by atoms with Gasteiger partial charge in [-0.1, -0.05) is 36.4 Å². The van der Waals surface area contributed by atoms with Gasteiger partial charge < -0.3 is 24.8 Å². The largest absolute Gasteiger partial charge is 0.454 e. The van der Waals surface area contributed by atoms with Crippen molar-refractivity contribution >= 4 is 17.9 Å². The topological polar surface area (TPSA) is 91.3 Å². The molecule has 32 heavy (non-hydrogen) atoms. The number of ether oxygens (including phenoxy) is 2. The standard InChI is InChI=1S/C24H27N3O5/c28-16-20(25-23(29)9-7-18-4-2-1-3-5-18)24(30)27-12-10-26(11-13-27)15-19-6-8-21-22(14-19)32-17-31-21/h1-9,14,20,28H,10-13,15-17H2,(H,25,29)/t20-/m0/s1. The molecule has 8 heteroatoms. The van der Waals surface area contributed by atoms with Crippen LogP contribution in [0.5, 0.6) is 11.5 Å². The molecule has 0 unspecified atom stereocenters. The predicted octanol–water partition coefficient (Wildman–Crippen LogP) is 1.25. The summed E-state index contributed by atoms with van der Waals surface area (Å²) in [4.78, 5) is 29.0. The van der Waals surface area contributed by atoms with Crippen LogP contribution in [0.2, 0.25) is 0 Å². The lowest BCUT2D eigenvalue weighted by atomic mass is 10.1. The third-order valence-electron chi connectivity index (χ3n) is 5.55. The summed E-state index contributed by atoms with van der Waals surface area (Å²) < 4.78 is 10.8. The van der Waals surface area contributed by atoms with Gasteiger partial charge in [-0.2, -0.15) is 0 Å². The molecule has 0 aliphatic carbocycles. The van der Waals surface area contributed by atoms with E-state index in [4.69, 9.17) is 9.47 Å². The number of rotatable bonds is 7. The number of aliphatic hydroxyl groups excluding tert-OH is 1. The summed E-state index contributed by atoms with van der Waals surface area (Å²) in [6, 6.07) is 14.4. The molecule has 4 rings (SSSR count). The first-order chi connectivity index (χ1) is 15.6. The Morgan fingerprint density at radius 2 is 1.78 bits per heavy atom. The molecule has 0 radical (unpaired) electrons. The van der Waals surface area contributed by atoms with Crippen LogP contribution in [0.25, 0.3) is 6.08 Å². The van der Waals surface area contributed by atoms with Gasteiger partial charge in [-0.05, 0) is 29.3 Å². The molecular weight excluding hydrogens is 410 g/mol. The fourth-order valence-electron chi connectivity index (χ4n) is 3.79. The maximum atomic E-state index is 12.8. The van der Waals surface area contributed by atoms with Crippen LogP contribution in [-0.2, 0) is 16.1 Å². The van der Waals surface area contributed by atoms with Crippen molar-refractivity contribution in [2.45, 2.75) is 12.6 Å². The first-order valence-corrected chi connectivity index (χ1v) is 10.7. The number of hydrogen-bond acceptors (Lipinski definition) is 6. The number of nitrogens with one attached hydrogen (secondary N) is 1. The highest BCUT2D eigenvalue weighted by Gasteiger charge is 2.28. The van der Waals surface area contributed by atoms with Crippen LogP contribution in [0.3, 0.4) is 0 Å². The quantitative estimate of drug-likeness (QED) is 0.634. The van der Waals surface area contributed by atoms with Crippen LogP contribution in [0.4, 0.5) is 0 Å². The fourth-order valence-corrected chi connectivity index (χ4v) is 3.79. The van der Waals surface area contributed by atoms with Crippen molar-refractivity contribution in [2.24, 2.45) is 0 Å². The number of amides is 2. The van der Waals surface area contributed by atoms with Gasteiger partial charge in [0, 0.05) is 38.8 Å². The first-order valence-electron chi connectivity index (χ1n) is 10.7. The third kappa shape index (κ3) is 5.46. The van der Waals surface area contributed by atoms with Crippen molar-refractivity contribution < 1.29 is 24.2 Å². The van der Waals surface area contributed by atoms with Crippen molar-refractivity contribution in [3.63, 3.8) is 0 Å². The van der Waals surface area contributed by atoms with Gasteiger partial charge in [0.25, 0.3) is 0 Å². The van der Waals surface area contributed by atoms with Gasteiger partial charge in [-0.25, -0.2) is 0 Å². The fraction of sp³-hybridized carbons (Fsp3) is 0.333. The normalized spacial score (nSPS) is 16.8. The highest BCUT2D eigenvalue weighted by molar-refractivity contribution is 5.95. The minimum Gasteiger partial charge on any atom is -0.454 e. The zero-order valence-electron chi connectivity index (χ0n) is 17.8. The molecule has 2 N–H and O–H groups in total. The van der Waals surface area contributed by atoms with Crippen LogP contribution >= 0.6 is 0 Å². The van der Waals surface area contributed by atoms with E-state index in [9.17, 15) is 14.7 Å². The number of nitrogens with zero attached hydrogens (tertiary/aromatic N) is 2. The Bertz CT molecular complexity index is 971. The lowest BCUT2D eigenvalue weighted by Gasteiger charge is -2.36. The molecule has 0 bridgehead atoms. The van der Waals surface area contributed by atoms with E-state index >= 15 is 0 Å². The Morgan fingerprint density at radius 1 is 1.03 bits per heavy atom. The highest BCUT2D eigenvalue weighted by Crippen LogP contribution is 2.32. The van der Waals surface area contributed by atoms with E-state index in [1.807, 2.05) is 48.5 Å². The smallest absolute Gasteiger partial charge is 0.247 e. The van der Waals surface area contributed by atoms with Crippen LogP contribution in [0.1, 0.15) is 11.1 Å². The van der Waals surface area contributed by atoms with E-state index in [0.29, 0.717) is 26.2 Å². The Morgan fingerprint density at radius 3 is 2.53 bits per heavy atom. The SMILES string of the molecule is O=C(C=Cc1ccccc1)N[C@@H](CO)C(=O)N1CCN(Cc2ccc3c(c2)OCO3)CC1. The summed E-state index contributed by atoms with van der Waals surface area (Å²) in [5, 5.41) is 12.3. The second kappa shape index (κ2) is 10.3. The first kappa shape index (κ1) is 21.9. The summed E-state index contributed by atoms with van der Waals surface area (Å²) in [6.07, 6.45) is 3.04. The van der Waals surface area contributed by atoms with Gasteiger partial charge in [0.2, 0.25) is 18.6 Å². The Balaban J connectivity index is 1.26. The Labute approximate surface area is 187 Å². The molecule has 0 saturated carbocycles. The summed E-state index contributed by atoms with van der Waals surface area (Å²) in [5.41, 5.74) is 2.01. The number of carbonyl (C=O) groups is 2. The minimum atomic E-state index is -0.955. The van der Waals surface area contributed by atoms with Crippen molar-refractivity contribution in [3.05, 3.63) is 65.7 Å². The number of aliphatic hydroxyl groups is 1. The highest BCUT2D eigenvalue weighted by atomic mass is 16.7. The molecule has 1 atom stereocenters. The average molecular weight is 437 g/mol. The summed E-state index contributed by atoms with van der Waals surface area (Å²) >= 11 is 0. The van der Waals surface area contributed by atoms with Gasteiger partial charge in [0.1, 0.15) is 6.04 Å². The number of piperazine rings is 1. The predicted molar refractivity (Wildman–Crippen MR) is 119 cm³/mol. The lowest BCUT2D eigenvalue weighted by Crippen LogP contribution is -2.55. The average Bonchev–Trinajstić information content (AvgIpc) is 3.30. The molecule has 2 aromatic carbocycles. The molecular formula is C24H27N3O5. The van der Waals surface area contributed by atoms with Gasteiger partial charge in [0.15, 0.2) is 11.5 Å². The van der Waals surface area contributed by atoms with E-state index < -0.39 is 18.6 Å². The molecule has 1 fully saturated rings. The molecule has 2 aromatic rings. The van der Waals surface area contributed by atoms with E-state index in [2.05, 4.69) is 10.2 Å². The maximum Gasteiger partial charge on any atom is 0.247 e. The molecule has 0 spiro atoms. The van der Waals surface area contributed by atoms with E-state index in [0.717, 1.165) is 29.2 Å². The van der Waals surface area contributed by atoms with Crippen molar-refractivity contribution in [2.75, 3.05) is 39.6 Å². The van der Waals surface area contributed by atoms with Crippen LogP contribution in [-0.4, -0.2) is 72.3 Å². The van der Waals surface area contributed by atoms with E-state index in [1.54, 1.807) is 11.0 Å².